The first-order chi connectivity index (χ1) is 15.3. The number of hydrogen-bond acceptors (Lipinski definition) is 5. The van der Waals surface area contributed by atoms with Crippen LogP contribution >= 0.6 is 0 Å². The summed E-state index contributed by atoms with van der Waals surface area (Å²) in [6.45, 7) is 1.54. The molecule has 0 aromatic heterocycles. The fourth-order valence-electron chi connectivity index (χ4n) is 4.34. The van der Waals surface area contributed by atoms with Gasteiger partial charge in [0.15, 0.2) is 0 Å². The molecule has 31 heavy (non-hydrogen) atoms. The van der Waals surface area contributed by atoms with Gasteiger partial charge in [-0.3, -0.25) is 4.79 Å². The predicted octanol–water partition coefficient (Wildman–Crippen LogP) is 4.82. The normalized spacial score (nSPS) is 26.8. The van der Waals surface area contributed by atoms with E-state index < -0.39 is 0 Å². The van der Waals surface area contributed by atoms with Crippen molar-refractivity contribution >= 4 is 5.97 Å². The van der Waals surface area contributed by atoms with Crippen molar-refractivity contribution < 1.29 is 23.7 Å². The maximum atomic E-state index is 11.9. The molecule has 0 bridgehead atoms. The standard InChI is InChI=1S/C26H32O5/c27-26-16-8-15-23-24(31-26)14-7-13-22(29-18-21-11-5-2-6-12-21)25(30-23)19-28-17-20-9-3-1-4-10-20/h1-6,9-12,22-25H,7-8,13-19H2/t22-,23-,24+,25+/m0/s1. The fourth-order valence-corrected chi connectivity index (χ4v) is 4.34. The summed E-state index contributed by atoms with van der Waals surface area (Å²) in [6.07, 6.45) is 4.19. The van der Waals surface area contributed by atoms with Crippen molar-refractivity contribution in [2.24, 2.45) is 0 Å². The van der Waals surface area contributed by atoms with Crippen molar-refractivity contribution in [1.82, 2.24) is 0 Å². The summed E-state index contributed by atoms with van der Waals surface area (Å²) in [5.41, 5.74) is 2.28. The van der Waals surface area contributed by atoms with Crippen LogP contribution in [0.4, 0.5) is 0 Å². The molecule has 0 radical (unpaired) electrons. The molecule has 166 valence electrons. The summed E-state index contributed by atoms with van der Waals surface area (Å²) in [7, 11) is 0. The maximum absolute atomic E-state index is 11.9. The highest BCUT2D eigenvalue weighted by molar-refractivity contribution is 5.69. The molecule has 2 aromatic carbocycles. The zero-order valence-electron chi connectivity index (χ0n) is 18.0. The quantitative estimate of drug-likeness (QED) is 0.597. The van der Waals surface area contributed by atoms with Gasteiger partial charge in [-0.25, -0.2) is 0 Å². The monoisotopic (exact) mass is 424 g/mol. The van der Waals surface area contributed by atoms with Gasteiger partial charge in [0.05, 0.1) is 32.0 Å². The predicted molar refractivity (Wildman–Crippen MR) is 117 cm³/mol. The van der Waals surface area contributed by atoms with Crippen LogP contribution in [0.1, 0.15) is 49.7 Å². The third-order valence-corrected chi connectivity index (χ3v) is 6.01. The Balaban J connectivity index is 1.42. The van der Waals surface area contributed by atoms with E-state index in [1.807, 2.05) is 36.4 Å². The molecule has 0 N–H and O–H groups in total. The van der Waals surface area contributed by atoms with Gasteiger partial charge in [0.2, 0.25) is 0 Å². The molecule has 0 amide bonds. The van der Waals surface area contributed by atoms with Crippen LogP contribution in [-0.4, -0.2) is 37.0 Å². The second-order valence-electron chi connectivity index (χ2n) is 8.40. The average molecular weight is 425 g/mol. The van der Waals surface area contributed by atoms with E-state index in [1.54, 1.807) is 0 Å². The Labute approximate surface area is 184 Å². The fraction of sp³-hybridized carbons (Fsp3) is 0.500. The number of ether oxygens (including phenoxy) is 4. The summed E-state index contributed by atoms with van der Waals surface area (Å²) in [4.78, 5) is 11.9. The van der Waals surface area contributed by atoms with Crippen LogP contribution in [0.3, 0.4) is 0 Å². The lowest BCUT2D eigenvalue weighted by Crippen LogP contribution is -2.44. The van der Waals surface area contributed by atoms with Crippen molar-refractivity contribution in [3.63, 3.8) is 0 Å². The molecule has 2 saturated heterocycles. The highest BCUT2D eigenvalue weighted by Crippen LogP contribution is 2.29. The van der Waals surface area contributed by atoms with E-state index in [0.717, 1.165) is 43.2 Å². The van der Waals surface area contributed by atoms with Gasteiger partial charge >= 0.3 is 5.97 Å². The molecular weight excluding hydrogens is 392 g/mol. The van der Waals surface area contributed by atoms with E-state index in [1.165, 1.54) is 0 Å². The minimum absolute atomic E-state index is 0.0594. The topological polar surface area (TPSA) is 54.0 Å². The molecule has 5 heteroatoms. The highest BCUT2D eigenvalue weighted by Gasteiger charge is 2.36. The van der Waals surface area contributed by atoms with Crippen molar-refractivity contribution in [3.8, 4) is 0 Å². The second kappa shape index (κ2) is 11.4. The van der Waals surface area contributed by atoms with Crippen LogP contribution < -0.4 is 0 Å². The van der Waals surface area contributed by atoms with Gasteiger partial charge in [-0.1, -0.05) is 60.7 Å². The third-order valence-electron chi connectivity index (χ3n) is 6.01. The van der Waals surface area contributed by atoms with Crippen molar-refractivity contribution in [2.75, 3.05) is 6.61 Å². The Morgan fingerprint density at radius 3 is 2.23 bits per heavy atom. The Morgan fingerprint density at radius 1 is 0.806 bits per heavy atom. The van der Waals surface area contributed by atoms with E-state index in [9.17, 15) is 4.79 Å². The highest BCUT2D eigenvalue weighted by atomic mass is 16.6. The molecule has 0 aliphatic carbocycles. The number of benzene rings is 2. The van der Waals surface area contributed by atoms with Crippen LogP contribution in [-0.2, 0) is 37.0 Å². The van der Waals surface area contributed by atoms with E-state index in [0.29, 0.717) is 26.2 Å². The van der Waals surface area contributed by atoms with Crippen molar-refractivity contribution in [3.05, 3.63) is 71.8 Å². The average Bonchev–Trinajstić information content (AvgIpc) is 2.96. The van der Waals surface area contributed by atoms with Crippen LogP contribution in [0, 0.1) is 0 Å². The first-order valence-corrected chi connectivity index (χ1v) is 11.4. The molecule has 4 rings (SSSR count). The zero-order valence-corrected chi connectivity index (χ0v) is 18.0. The number of carbonyl (C=O) groups is 1. The summed E-state index contributed by atoms with van der Waals surface area (Å²) < 4.78 is 24.6. The van der Waals surface area contributed by atoms with Crippen molar-refractivity contribution in [1.29, 1.82) is 0 Å². The number of hydrogen-bond donors (Lipinski definition) is 0. The summed E-state index contributed by atoms with van der Waals surface area (Å²) in [5, 5.41) is 0. The molecular formula is C26H32O5. The largest absolute Gasteiger partial charge is 0.460 e. The number of carbonyl (C=O) groups excluding carboxylic acids is 1. The summed E-state index contributed by atoms with van der Waals surface area (Å²) >= 11 is 0. The molecule has 2 aliphatic rings. The first kappa shape index (κ1) is 22.0. The lowest BCUT2D eigenvalue weighted by Gasteiger charge is -2.36. The van der Waals surface area contributed by atoms with Gasteiger partial charge in [-0.2, -0.15) is 0 Å². The Kier molecular flexibility index (Phi) is 8.11. The van der Waals surface area contributed by atoms with Gasteiger partial charge in [0.1, 0.15) is 12.2 Å². The SMILES string of the molecule is O=C1CCC[C@@H]2O[C@H](COCc3ccccc3)[C@@H](OCc3ccccc3)CCC[C@H]2O1. The number of rotatable bonds is 7. The lowest BCUT2D eigenvalue weighted by molar-refractivity contribution is -0.182. The smallest absolute Gasteiger partial charge is 0.306 e. The minimum Gasteiger partial charge on any atom is -0.460 e. The maximum Gasteiger partial charge on any atom is 0.306 e. The molecule has 4 atom stereocenters. The van der Waals surface area contributed by atoms with Gasteiger partial charge in [-0.05, 0) is 43.2 Å². The molecule has 0 spiro atoms. The van der Waals surface area contributed by atoms with E-state index in [-0.39, 0.29) is 30.4 Å². The number of fused-ring (bicyclic) bond motifs is 1. The molecule has 2 aromatic rings. The molecule has 2 aliphatic heterocycles. The zero-order chi connectivity index (χ0) is 21.3. The lowest BCUT2D eigenvalue weighted by atomic mass is 9.97. The Bertz CT molecular complexity index is 794. The van der Waals surface area contributed by atoms with Crippen LogP contribution in [0.5, 0.6) is 0 Å². The van der Waals surface area contributed by atoms with Gasteiger partial charge in [0, 0.05) is 6.42 Å². The van der Waals surface area contributed by atoms with Gasteiger partial charge in [0.25, 0.3) is 0 Å². The van der Waals surface area contributed by atoms with E-state index >= 15 is 0 Å². The molecule has 0 saturated carbocycles. The van der Waals surface area contributed by atoms with Gasteiger partial charge in [-0.15, -0.1) is 0 Å². The molecule has 0 unspecified atom stereocenters. The molecule has 2 fully saturated rings. The minimum atomic E-state index is -0.197. The van der Waals surface area contributed by atoms with Crippen LogP contribution in [0.25, 0.3) is 0 Å². The second-order valence-corrected chi connectivity index (χ2v) is 8.40. The van der Waals surface area contributed by atoms with Crippen LogP contribution in [0.15, 0.2) is 60.7 Å². The van der Waals surface area contributed by atoms with Crippen LogP contribution in [0.2, 0.25) is 0 Å². The summed E-state index contributed by atoms with van der Waals surface area (Å²) in [5.74, 6) is -0.106. The van der Waals surface area contributed by atoms with Gasteiger partial charge < -0.3 is 18.9 Å². The molecule has 5 nitrogen and oxygen atoms in total. The third kappa shape index (κ3) is 6.63. The van der Waals surface area contributed by atoms with E-state index in [4.69, 9.17) is 18.9 Å². The summed E-state index contributed by atoms with van der Waals surface area (Å²) in [6, 6.07) is 20.4. The number of esters is 1. The van der Waals surface area contributed by atoms with E-state index in [2.05, 4.69) is 24.3 Å². The molecule has 2 heterocycles. The van der Waals surface area contributed by atoms with Crippen molar-refractivity contribution in [2.45, 2.75) is 76.2 Å². The Morgan fingerprint density at radius 2 is 1.48 bits per heavy atom. The first-order valence-electron chi connectivity index (χ1n) is 11.4. The Hall–Kier alpha value is -2.21.